The first-order valence-corrected chi connectivity index (χ1v) is 13.8. The molecule has 1 saturated heterocycles. The van der Waals surface area contributed by atoms with Crippen LogP contribution in [0.1, 0.15) is 28.5 Å². The van der Waals surface area contributed by atoms with Crippen LogP contribution in [0.25, 0.3) is 11.3 Å². The van der Waals surface area contributed by atoms with E-state index >= 15 is 0 Å². The quantitative estimate of drug-likeness (QED) is 0.241. The summed E-state index contributed by atoms with van der Waals surface area (Å²) in [7, 11) is 1.69. The average Bonchev–Trinajstić information content (AvgIpc) is 3.38. The first kappa shape index (κ1) is 30.3. The molecule has 0 radical (unpaired) electrons. The van der Waals surface area contributed by atoms with Crippen molar-refractivity contribution in [3.05, 3.63) is 126 Å². The van der Waals surface area contributed by atoms with Gasteiger partial charge in [0.1, 0.15) is 17.3 Å². The highest BCUT2D eigenvalue weighted by Gasteiger charge is 2.27. The minimum Gasteiger partial charge on any atom is -0.497 e. The van der Waals surface area contributed by atoms with Gasteiger partial charge >= 0.3 is 11.9 Å². The molecule has 2 N–H and O–H groups in total. The van der Waals surface area contributed by atoms with E-state index in [1.165, 1.54) is 16.7 Å². The van der Waals surface area contributed by atoms with Crippen LogP contribution in [0.2, 0.25) is 0 Å². The number of methoxy groups -OCH3 is 1. The summed E-state index contributed by atoms with van der Waals surface area (Å²) in [5.74, 6) is 0.318. The monoisotopic (exact) mass is 568 g/mol. The molecule has 0 unspecified atom stereocenters. The molecule has 218 valence electrons. The van der Waals surface area contributed by atoms with E-state index in [1.807, 2.05) is 24.3 Å². The first-order chi connectivity index (χ1) is 20.3. The van der Waals surface area contributed by atoms with Gasteiger partial charge in [-0.05, 0) is 53.9 Å². The minimum atomic E-state index is -1.26. The minimum absolute atomic E-state index is 0.288. The molecule has 5 rings (SSSR count). The molecule has 2 heterocycles. The third-order valence-electron chi connectivity index (χ3n) is 7.13. The molecule has 1 aliphatic heterocycles. The Balaban J connectivity index is 0.000000446. The number of carbonyl (C=O) groups is 2. The molecular weight excluding hydrogens is 532 g/mol. The summed E-state index contributed by atoms with van der Waals surface area (Å²) >= 11 is 0. The lowest BCUT2D eigenvalue weighted by Gasteiger charge is -2.39. The maximum atomic E-state index is 9.55. The van der Waals surface area contributed by atoms with Crippen molar-refractivity contribution < 1.29 is 29.0 Å². The number of piperazine rings is 1. The van der Waals surface area contributed by atoms with Crippen molar-refractivity contribution in [1.82, 2.24) is 9.80 Å². The van der Waals surface area contributed by atoms with E-state index < -0.39 is 11.9 Å². The highest BCUT2D eigenvalue weighted by molar-refractivity contribution is 5.89. The van der Waals surface area contributed by atoms with E-state index in [0.29, 0.717) is 12.2 Å². The van der Waals surface area contributed by atoms with Crippen molar-refractivity contribution >= 4 is 11.9 Å². The number of benzene rings is 3. The Kier molecular flexibility index (Phi) is 10.7. The number of carboxylic acid groups (broad SMARTS) is 2. The van der Waals surface area contributed by atoms with E-state index in [9.17, 15) is 9.59 Å². The predicted molar refractivity (Wildman–Crippen MR) is 161 cm³/mol. The number of ether oxygens (including phenoxy) is 1. The largest absolute Gasteiger partial charge is 0.497 e. The standard InChI is InChI=1S/C30H32N2O2.C4H4O4/c1-23-21-28(24-13-15-27(33-2)16-14-24)34-29(23)22-31-17-19-32(20-18-31)30(25-9-5-3-6-10-25)26-11-7-4-8-12-26;5-3(6)1-2-4(7)8/h3-16,21,30H,17-20,22H2,1-2H3;1-2H,(H,5,6)(H,7,8)/b;2-1+. The predicted octanol–water partition coefficient (Wildman–Crippen LogP) is 5.88. The van der Waals surface area contributed by atoms with Gasteiger partial charge in [0.05, 0.1) is 19.7 Å². The summed E-state index contributed by atoms with van der Waals surface area (Å²) in [5.41, 5.74) is 4.99. The van der Waals surface area contributed by atoms with Gasteiger partial charge in [0, 0.05) is 43.9 Å². The van der Waals surface area contributed by atoms with Crippen LogP contribution >= 0.6 is 0 Å². The second kappa shape index (κ2) is 14.8. The molecule has 1 fully saturated rings. The Labute approximate surface area is 246 Å². The van der Waals surface area contributed by atoms with E-state index in [4.69, 9.17) is 19.4 Å². The van der Waals surface area contributed by atoms with Crippen molar-refractivity contribution in [2.45, 2.75) is 19.5 Å². The maximum absolute atomic E-state index is 9.55. The topological polar surface area (TPSA) is 103 Å². The van der Waals surface area contributed by atoms with Gasteiger partial charge in [-0.15, -0.1) is 0 Å². The third kappa shape index (κ3) is 8.42. The number of rotatable bonds is 9. The fraction of sp³-hybridized carbons (Fsp3) is 0.235. The molecular formula is C34H36N2O6. The second-order valence-electron chi connectivity index (χ2n) is 9.99. The lowest BCUT2D eigenvalue weighted by atomic mass is 9.96. The molecule has 0 amide bonds. The molecule has 8 heteroatoms. The summed E-state index contributed by atoms with van der Waals surface area (Å²) in [6.45, 7) is 7.08. The molecule has 4 aromatic rings. The van der Waals surface area contributed by atoms with Crippen LogP contribution in [0.3, 0.4) is 0 Å². The summed E-state index contributed by atoms with van der Waals surface area (Å²) in [5, 5.41) is 15.6. The molecule has 0 atom stereocenters. The van der Waals surface area contributed by atoms with Gasteiger partial charge in [-0.3, -0.25) is 9.80 Å². The summed E-state index contributed by atoms with van der Waals surface area (Å²) in [6.07, 6.45) is 1.12. The lowest BCUT2D eigenvalue weighted by molar-refractivity contribution is -0.134. The van der Waals surface area contributed by atoms with E-state index in [-0.39, 0.29) is 6.04 Å². The van der Waals surface area contributed by atoms with Gasteiger partial charge in [0.2, 0.25) is 0 Å². The van der Waals surface area contributed by atoms with Crippen LogP contribution in [0, 0.1) is 6.92 Å². The van der Waals surface area contributed by atoms with Crippen molar-refractivity contribution in [1.29, 1.82) is 0 Å². The van der Waals surface area contributed by atoms with Crippen molar-refractivity contribution in [3.8, 4) is 17.1 Å². The number of aliphatic carboxylic acids is 2. The van der Waals surface area contributed by atoms with Crippen LogP contribution in [0.15, 0.2) is 108 Å². The van der Waals surface area contributed by atoms with Crippen LogP contribution < -0.4 is 4.74 Å². The van der Waals surface area contributed by atoms with Gasteiger partial charge in [0.25, 0.3) is 0 Å². The Morgan fingerprint density at radius 1 is 0.833 bits per heavy atom. The zero-order valence-electron chi connectivity index (χ0n) is 23.8. The fourth-order valence-electron chi connectivity index (χ4n) is 4.98. The number of hydrogen-bond acceptors (Lipinski definition) is 6. The first-order valence-electron chi connectivity index (χ1n) is 13.8. The Bertz CT molecular complexity index is 1400. The second-order valence-corrected chi connectivity index (χ2v) is 9.99. The van der Waals surface area contributed by atoms with Gasteiger partial charge < -0.3 is 19.4 Å². The van der Waals surface area contributed by atoms with Crippen LogP contribution in [-0.4, -0.2) is 65.2 Å². The van der Waals surface area contributed by atoms with E-state index in [2.05, 4.69) is 83.5 Å². The molecule has 1 aromatic heterocycles. The van der Waals surface area contributed by atoms with Gasteiger partial charge in [-0.25, -0.2) is 9.59 Å². The SMILES string of the molecule is COc1ccc(-c2cc(C)c(CN3CCN(C(c4ccccc4)c4ccccc4)CC3)o2)cc1.O=C(O)/C=C/C(=O)O. The normalized spacial score (nSPS) is 14.0. The third-order valence-corrected chi connectivity index (χ3v) is 7.13. The lowest BCUT2D eigenvalue weighted by Crippen LogP contribution is -2.47. The Morgan fingerprint density at radius 3 is 1.83 bits per heavy atom. The molecule has 0 aliphatic carbocycles. The summed E-state index contributed by atoms with van der Waals surface area (Å²) in [6, 6.07) is 32.2. The van der Waals surface area contributed by atoms with Crippen molar-refractivity contribution in [2.24, 2.45) is 0 Å². The zero-order chi connectivity index (χ0) is 29.9. The number of furan rings is 1. The molecule has 3 aromatic carbocycles. The van der Waals surface area contributed by atoms with Gasteiger partial charge in [-0.1, -0.05) is 60.7 Å². The Hall–Kier alpha value is -4.66. The van der Waals surface area contributed by atoms with E-state index in [1.54, 1.807) is 7.11 Å². The molecule has 1 aliphatic rings. The zero-order valence-corrected chi connectivity index (χ0v) is 23.8. The molecule has 42 heavy (non-hydrogen) atoms. The highest BCUT2D eigenvalue weighted by atomic mass is 16.5. The number of nitrogens with zero attached hydrogens (tertiary/aromatic N) is 2. The highest BCUT2D eigenvalue weighted by Crippen LogP contribution is 2.31. The van der Waals surface area contributed by atoms with Crippen molar-refractivity contribution in [2.75, 3.05) is 33.3 Å². The molecule has 0 saturated carbocycles. The summed E-state index contributed by atoms with van der Waals surface area (Å²) < 4.78 is 11.6. The fourth-order valence-corrected chi connectivity index (χ4v) is 4.98. The Morgan fingerprint density at radius 2 is 1.36 bits per heavy atom. The molecule has 0 bridgehead atoms. The molecule has 8 nitrogen and oxygen atoms in total. The maximum Gasteiger partial charge on any atom is 0.328 e. The number of hydrogen-bond donors (Lipinski definition) is 2. The van der Waals surface area contributed by atoms with Crippen LogP contribution in [0.5, 0.6) is 5.75 Å². The average molecular weight is 569 g/mol. The number of carboxylic acids is 2. The molecule has 0 spiro atoms. The smallest absolute Gasteiger partial charge is 0.328 e. The van der Waals surface area contributed by atoms with Crippen molar-refractivity contribution in [3.63, 3.8) is 0 Å². The van der Waals surface area contributed by atoms with Gasteiger partial charge in [-0.2, -0.15) is 0 Å². The van der Waals surface area contributed by atoms with E-state index in [0.717, 1.165) is 55.6 Å². The van der Waals surface area contributed by atoms with Gasteiger partial charge in [0.15, 0.2) is 0 Å². The summed E-state index contributed by atoms with van der Waals surface area (Å²) in [4.78, 5) is 24.2. The van der Waals surface area contributed by atoms with Crippen LogP contribution in [-0.2, 0) is 16.1 Å². The van der Waals surface area contributed by atoms with Crippen LogP contribution in [0.4, 0.5) is 0 Å². The number of aryl methyl sites for hydroxylation is 1.